The van der Waals surface area contributed by atoms with E-state index >= 15 is 0 Å². The highest BCUT2D eigenvalue weighted by Gasteiger charge is 2.97. The van der Waals surface area contributed by atoms with Gasteiger partial charge in [0.15, 0.2) is 0 Å². The highest BCUT2D eigenvalue weighted by molar-refractivity contribution is 5.18. The standard InChI is InChI=1S/C20H20F20/c1-3-5-7-8-10-12(23,24)14(27,28)16(31,32)18(35,36)20(39,40)19(37,38)17(33,34)15(29,30)13(25,26)11(21,22)9-6-4-2/h4H,2-3,5-10H2,1H3. The summed E-state index contributed by atoms with van der Waals surface area (Å²) < 4.78 is 275. The third-order valence-corrected chi connectivity index (χ3v) is 5.69. The molecule has 0 N–H and O–H groups in total. The molecule has 0 aromatic heterocycles. The van der Waals surface area contributed by atoms with Crippen LogP contribution in [-0.2, 0) is 0 Å². The van der Waals surface area contributed by atoms with Gasteiger partial charge in [0, 0.05) is 12.8 Å². The van der Waals surface area contributed by atoms with Crippen molar-refractivity contribution in [3.8, 4) is 0 Å². The van der Waals surface area contributed by atoms with Gasteiger partial charge in [0.25, 0.3) is 0 Å². The van der Waals surface area contributed by atoms with Crippen molar-refractivity contribution in [2.75, 3.05) is 0 Å². The number of hydrogen-bond donors (Lipinski definition) is 0. The van der Waals surface area contributed by atoms with Crippen molar-refractivity contribution < 1.29 is 87.8 Å². The lowest BCUT2D eigenvalue weighted by molar-refractivity contribution is -0.469. The van der Waals surface area contributed by atoms with Crippen LogP contribution < -0.4 is 0 Å². The quantitative estimate of drug-likeness (QED) is 0.0844. The van der Waals surface area contributed by atoms with Gasteiger partial charge in [-0.15, -0.1) is 6.58 Å². The minimum atomic E-state index is -8.99. The second kappa shape index (κ2) is 11.2. The fraction of sp³-hybridized carbons (Fsp3) is 0.900. The van der Waals surface area contributed by atoms with Gasteiger partial charge in [0.2, 0.25) is 0 Å². The van der Waals surface area contributed by atoms with E-state index in [2.05, 4.69) is 6.58 Å². The predicted octanol–water partition coefficient (Wildman–Crippen LogP) is 10.3. The van der Waals surface area contributed by atoms with E-state index in [1.165, 1.54) is 6.92 Å². The van der Waals surface area contributed by atoms with Crippen LogP contribution in [0.4, 0.5) is 87.8 Å². The van der Waals surface area contributed by atoms with Gasteiger partial charge >= 0.3 is 59.2 Å². The molecule has 0 heterocycles. The summed E-state index contributed by atoms with van der Waals surface area (Å²) in [5.41, 5.74) is 0. The van der Waals surface area contributed by atoms with Crippen molar-refractivity contribution in [2.24, 2.45) is 0 Å². The van der Waals surface area contributed by atoms with Gasteiger partial charge in [-0.3, -0.25) is 0 Å². The molecule has 0 rings (SSSR count). The molecule has 40 heavy (non-hydrogen) atoms. The third-order valence-electron chi connectivity index (χ3n) is 5.69. The van der Waals surface area contributed by atoms with E-state index in [-0.39, 0.29) is 18.9 Å². The number of rotatable bonds is 17. The lowest BCUT2D eigenvalue weighted by atomic mass is 9.84. The summed E-state index contributed by atoms with van der Waals surface area (Å²) in [7, 11) is 0. The number of halogens is 20. The molecule has 20 heteroatoms. The van der Waals surface area contributed by atoms with Crippen LogP contribution in [-0.4, -0.2) is 59.2 Å². The lowest BCUT2D eigenvalue weighted by Gasteiger charge is -2.45. The van der Waals surface area contributed by atoms with E-state index < -0.39 is 91.3 Å². The zero-order valence-corrected chi connectivity index (χ0v) is 19.8. The van der Waals surface area contributed by atoms with Crippen LogP contribution in [0.5, 0.6) is 0 Å². The van der Waals surface area contributed by atoms with Crippen LogP contribution in [0.1, 0.15) is 51.9 Å². The van der Waals surface area contributed by atoms with Gasteiger partial charge in [0.05, 0.1) is 0 Å². The second-order valence-corrected chi connectivity index (χ2v) is 8.64. The van der Waals surface area contributed by atoms with Crippen LogP contribution in [0, 0.1) is 0 Å². The molecule has 0 amide bonds. The van der Waals surface area contributed by atoms with Crippen molar-refractivity contribution in [3.05, 3.63) is 12.7 Å². The molecule has 0 aromatic rings. The Kier molecular flexibility index (Phi) is 10.7. The Labute approximate surface area is 212 Å². The average molecular weight is 640 g/mol. The Bertz CT molecular complexity index is 856. The average Bonchev–Trinajstić information content (AvgIpc) is 2.79. The van der Waals surface area contributed by atoms with Crippen molar-refractivity contribution in [1.29, 1.82) is 0 Å². The van der Waals surface area contributed by atoms with Crippen molar-refractivity contribution in [3.63, 3.8) is 0 Å². The molecule has 0 aromatic carbocycles. The van der Waals surface area contributed by atoms with E-state index in [1.54, 1.807) is 0 Å². The first-order valence-corrected chi connectivity index (χ1v) is 10.8. The van der Waals surface area contributed by atoms with E-state index in [4.69, 9.17) is 0 Å². The number of unbranched alkanes of at least 4 members (excludes halogenated alkanes) is 3. The van der Waals surface area contributed by atoms with Crippen molar-refractivity contribution >= 4 is 0 Å². The summed E-state index contributed by atoms with van der Waals surface area (Å²) in [5.74, 6) is -81.1. The molecule has 0 saturated carbocycles. The van der Waals surface area contributed by atoms with E-state index in [1.807, 2.05) is 0 Å². The minimum Gasteiger partial charge on any atom is -0.200 e. The summed E-state index contributed by atoms with van der Waals surface area (Å²) in [4.78, 5) is 0. The van der Waals surface area contributed by atoms with Crippen molar-refractivity contribution in [2.45, 2.75) is 111 Å². The number of alkyl halides is 20. The van der Waals surface area contributed by atoms with Crippen LogP contribution >= 0.6 is 0 Å². The van der Waals surface area contributed by atoms with Gasteiger partial charge in [-0.25, -0.2) is 0 Å². The normalized spacial score (nSPS) is 15.9. The maximum Gasteiger partial charge on any atom is 0.385 e. The largest absolute Gasteiger partial charge is 0.385 e. The first-order chi connectivity index (χ1) is 17.4. The predicted molar refractivity (Wildman–Crippen MR) is 97.7 cm³/mol. The third kappa shape index (κ3) is 5.44. The smallest absolute Gasteiger partial charge is 0.200 e. The lowest BCUT2D eigenvalue weighted by Crippen LogP contribution is -2.77. The molecule has 0 saturated heterocycles. The fourth-order valence-electron chi connectivity index (χ4n) is 3.01. The topological polar surface area (TPSA) is 0 Å². The Morgan fingerprint density at radius 1 is 0.400 bits per heavy atom. The van der Waals surface area contributed by atoms with Crippen LogP contribution in [0.25, 0.3) is 0 Å². The Hall–Kier alpha value is -1.66. The first-order valence-electron chi connectivity index (χ1n) is 10.8. The number of hydrogen-bond acceptors (Lipinski definition) is 0. The molecule has 240 valence electrons. The summed E-state index contributed by atoms with van der Waals surface area (Å²) in [5, 5.41) is 0. The molecule has 0 fully saturated rings. The van der Waals surface area contributed by atoms with Gasteiger partial charge in [-0.2, -0.15) is 87.8 Å². The number of allylic oxidation sites excluding steroid dienone is 1. The van der Waals surface area contributed by atoms with E-state index in [0.717, 1.165) is 0 Å². The van der Waals surface area contributed by atoms with Gasteiger partial charge in [-0.05, 0) is 12.8 Å². The van der Waals surface area contributed by atoms with Gasteiger partial charge < -0.3 is 0 Å². The van der Waals surface area contributed by atoms with E-state index in [0.29, 0.717) is 0 Å². The summed E-state index contributed by atoms with van der Waals surface area (Å²) in [6, 6.07) is 0. The Balaban J connectivity index is 6.86. The molecular weight excluding hydrogens is 620 g/mol. The fourth-order valence-corrected chi connectivity index (χ4v) is 3.01. The second-order valence-electron chi connectivity index (χ2n) is 8.64. The summed E-state index contributed by atoms with van der Waals surface area (Å²) in [6.45, 7) is 4.04. The highest BCUT2D eigenvalue weighted by atomic mass is 19.4. The van der Waals surface area contributed by atoms with E-state index in [9.17, 15) is 87.8 Å². The maximum atomic E-state index is 13.8. The molecule has 0 radical (unpaired) electrons. The molecule has 0 atom stereocenters. The van der Waals surface area contributed by atoms with Crippen LogP contribution in [0.2, 0.25) is 0 Å². The Morgan fingerprint density at radius 2 is 0.675 bits per heavy atom. The molecule has 0 unspecified atom stereocenters. The molecule has 0 spiro atoms. The zero-order chi connectivity index (χ0) is 32.7. The highest BCUT2D eigenvalue weighted by Crippen LogP contribution is 2.66. The summed E-state index contributed by atoms with van der Waals surface area (Å²) in [6.07, 6.45) is -7.75. The Morgan fingerprint density at radius 3 is 0.950 bits per heavy atom. The van der Waals surface area contributed by atoms with Crippen molar-refractivity contribution in [1.82, 2.24) is 0 Å². The summed E-state index contributed by atoms with van der Waals surface area (Å²) >= 11 is 0. The van der Waals surface area contributed by atoms with Crippen LogP contribution in [0.15, 0.2) is 12.7 Å². The molecular formula is C20H20F20. The first kappa shape index (κ1) is 38.3. The SMILES string of the molecule is C=CCCC(F)(F)C(F)(F)C(F)(F)C(F)(F)C(F)(F)C(F)(F)C(F)(F)C(F)(F)C(F)(F)C(F)(F)CCCCCC. The van der Waals surface area contributed by atoms with Gasteiger partial charge in [-0.1, -0.05) is 32.3 Å². The van der Waals surface area contributed by atoms with Crippen LogP contribution in [0.3, 0.4) is 0 Å². The maximum absolute atomic E-state index is 13.8. The zero-order valence-electron chi connectivity index (χ0n) is 19.8. The molecule has 0 aliphatic heterocycles. The molecule has 0 bridgehead atoms. The minimum absolute atomic E-state index is 0.0426. The monoisotopic (exact) mass is 640 g/mol. The molecule has 0 aliphatic rings. The van der Waals surface area contributed by atoms with Gasteiger partial charge in [0.1, 0.15) is 0 Å². The molecule has 0 nitrogen and oxygen atoms in total. The molecule has 0 aliphatic carbocycles.